The van der Waals surface area contributed by atoms with Crippen molar-refractivity contribution in [2.75, 3.05) is 5.32 Å². The van der Waals surface area contributed by atoms with Gasteiger partial charge in [0, 0.05) is 18.3 Å². The van der Waals surface area contributed by atoms with Crippen molar-refractivity contribution in [3.8, 4) is 5.75 Å². The van der Waals surface area contributed by atoms with Gasteiger partial charge in [-0.3, -0.25) is 0 Å². The first-order chi connectivity index (χ1) is 15.7. The Balaban J connectivity index is 1.71. The minimum absolute atomic E-state index is 0.0855. The highest BCUT2D eigenvalue weighted by Gasteiger charge is 2.20. The lowest BCUT2D eigenvalue weighted by Crippen LogP contribution is -2.40. The van der Waals surface area contributed by atoms with Gasteiger partial charge in [0.1, 0.15) is 22.3 Å². The Morgan fingerprint density at radius 3 is 2.27 bits per heavy atom. The van der Waals surface area contributed by atoms with Gasteiger partial charge < -0.3 is 14.4 Å². The minimum atomic E-state index is -4.11. The number of hydrogen-bond acceptors (Lipinski definition) is 4. The van der Waals surface area contributed by atoms with Crippen LogP contribution in [0.5, 0.6) is 5.75 Å². The molecule has 0 aliphatic rings. The largest absolute Gasteiger partial charge is 0.379 e. The number of benzene rings is 3. The fraction of sp³-hybridized carbons (Fsp3) is 0.208. The van der Waals surface area contributed by atoms with Crippen LogP contribution in [-0.4, -0.2) is 25.4 Å². The number of nitrogens with zero attached hydrogens (tertiary/aromatic N) is 1. The maximum Gasteiger partial charge on any atom is 0.339 e. The van der Waals surface area contributed by atoms with Crippen LogP contribution in [0, 0.1) is 11.6 Å². The van der Waals surface area contributed by atoms with Crippen molar-refractivity contribution in [3.05, 3.63) is 90.0 Å². The highest BCUT2D eigenvalue weighted by atomic mass is 32.2. The summed E-state index contributed by atoms with van der Waals surface area (Å²) < 4.78 is 56.3. The van der Waals surface area contributed by atoms with Crippen molar-refractivity contribution >= 4 is 21.8 Å². The van der Waals surface area contributed by atoms with Gasteiger partial charge in [0.15, 0.2) is 0 Å². The van der Waals surface area contributed by atoms with Crippen LogP contribution in [-0.2, 0) is 16.7 Å². The molecule has 0 spiro atoms. The zero-order valence-corrected chi connectivity index (χ0v) is 19.0. The highest BCUT2D eigenvalue weighted by molar-refractivity contribution is 7.87. The summed E-state index contributed by atoms with van der Waals surface area (Å²) in [5, 5.41) is 2.70. The Labute approximate surface area is 191 Å². The predicted octanol–water partition coefficient (Wildman–Crippen LogP) is 5.57. The molecule has 1 unspecified atom stereocenters. The van der Waals surface area contributed by atoms with Crippen molar-refractivity contribution in [3.63, 3.8) is 0 Å². The Morgan fingerprint density at radius 2 is 1.67 bits per heavy atom. The molecule has 0 heterocycles. The summed E-state index contributed by atoms with van der Waals surface area (Å²) in [5.41, 5.74) is 1.10. The second kappa shape index (κ2) is 10.4. The van der Waals surface area contributed by atoms with E-state index in [9.17, 15) is 22.0 Å². The van der Waals surface area contributed by atoms with Gasteiger partial charge in [0.05, 0.1) is 0 Å². The normalized spacial score (nSPS) is 12.1. The average molecular weight is 475 g/mol. The van der Waals surface area contributed by atoms with Gasteiger partial charge in [-0.05, 0) is 73.5 Å². The van der Waals surface area contributed by atoms with Gasteiger partial charge in [0.25, 0.3) is 0 Å². The van der Waals surface area contributed by atoms with Gasteiger partial charge in [-0.1, -0.05) is 25.1 Å². The van der Waals surface area contributed by atoms with Crippen LogP contribution in [0.2, 0.25) is 0 Å². The number of anilines is 1. The molecular formula is C24H24F2N2O4S. The molecule has 174 valence electrons. The van der Waals surface area contributed by atoms with Crippen molar-refractivity contribution < 1.29 is 26.2 Å². The van der Waals surface area contributed by atoms with Gasteiger partial charge in [0.2, 0.25) is 0 Å². The maximum atomic E-state index is 13.4. The van der Waals surface area contributed by atoms with Gasteiger partial charge in [-0.15, -0.1) is 0 Å². The van der Waals surface area contributed by atoms with E-state index < -0.39 is 21.8 Å². The zero-order chi connectivity index (χ0) is 24.0. The Bertz CT molecular complexity index is 1200. The number of rotatable bonds is 8. The van der Waals surface area contributed by atoms with Gasteiger partial charge in [-0.25, -0.2) is 13.6 Å². The molecule has 0 fully saturated rings. The SMILES string of the molecule is CCC(C)N(Cc1ccc(OS(=O)(=O)c2ccc(F)cc2)cc1)C(=O)Nc1cccc(F)c1. The molecule has 0 saturated carbocycles. The van der Waals surface area contributed by atoms with Crippen LogP contribution >= 0.6 is 0 Å². The summed E-state index contributed by atoms with van der Waals surface area (Å²) in [5.74, 6) is -0.915. The third kappa shape index (κ3) is 6.52. The van der Waals surface area contributed by atoms with E-state index in [1.54, 1.807) is 23.1 Å². The van der Waals surface area contributed by atoms with E-state index in [2.05, 4.69) is 5.32 Å². The second-order valence-corrected chi connectivity index (χ2v) is 9.01. The number of halogens is 2. The van der Waals surface area contributed by atoms with Crippen molar-refractivity contribution in [1.29, 1.82) is 0 Å². The van der Waals surface area contributed by atoms with E-state index in [-0.39, 0.29) is 29.3 Å². The monoisotopic (exact) mass is 474 g/mol. The molecule has 3 aromatic carbocycles. The molecular weight excluding hydrogens is 450 g/mol. The van der Waals surface area contributed by atoms with Crippen LogP contribution in [0.1, 0.15) is 25.8 Å². The fourth-order valence-corrected chi connectivity index (χ4v) is 3.96. The Hall–Kier alpha value is -3.46. The molecule has 2 amide bonds. The fourth-order valence-electron chi connectivity index (χ4n) is 3.03. The molecule has 1 N–H and O–H groups in total. The van der Waals surface area contributed by atoms with Crippen LogP contribution in [0.25, 0.3) is 0 Å². The lowest BCUT2D eigenvalue weighted by atomic mass is 10.1. The molecule has 3 aromatic rings. The summed E-state index contributed by atoms with van der Waals surface area (Å²) in [6, 6.07) is 15.8. The second-order valence-electron chi connectivity index (χ2n) is 7.46. The molecule has 0 radical (unpaired) electrons. The first-order valence-corrected chi connectivity index (χ1v) is 11.7. The summed E-state index contributed by atoms with van der Waals surface area (Å²) >= 11 is 0. The van der Waals surface area contributed by atoms with Crippen LogP contribution in [0.4, 0.5) is 19.3 Å². The number of amides is 2. The van der Waals surface area contributed by atoms with E-state index in [1.165, 1.54) is 30.3 Å². The van der Waals surface area contributed by atoms with Crippen LogP contribution in [0.3, 0.4) is 0 Å². The van der Waals surface area contributed by atoms with Crippen LogP contribution < -0.4 is 9.50 Å². The Kier molecular flexibility index (Phi) is 7.65. The maximum absolute atomic E-state index is 13.4. The molecule has 0 aliphatic heterocycles. The first-order valence-electron chi connectivity index (χ1n) is 10.3. The smallest absolute Gasteiger partial charge is 0.339 e. The minimum Gasteiger partial charge on any atom is -0.379 e. The highest BCUT2D eigenvalue weighted by Crippen LogP contribution is 2.21. The summed E-state index contributed by atoms with van der Waals surface area (Å²) in [6.45, 7) is 4.10. The number of carbonyl (C=O) groups excluding carboxylic acids is 1. The lowest BCUT2D eigenvalue weighted by molar-refractivity contribution is 0.187. The Morgan fingerprint density at radius 1 is 1.00 bits per heavy atom. The molecule has 0 aromatic heterocycles. The van der Waals surface area contributed by atoms with Crippen molar-refractivity contribution in [2.45, 2.75) is 37.8 Å². The number of nitrogens with one attached hydrogen (secondary N) is 1. The average Bonchev–Trinajstić information content (AvgIpc) is 2.78. The molecule has 0 saturated heterocycles. The number of carbonyl (C=O) groups is 1. The standard InChI is InChI=1S/C24H24F2N2O4S/c1-3-17(2)28(24(29)27-21-6-4-5-20(26)15-21)16-18-7-11-22(12-8-18)32-33(30,31)23-13-9-19(25)10-14-23/h4-15,17H,3,16H2,1-2H3,(H,27,29). The van der Waals surface area contributed by atoms with E-state index in [0.29, 0.717) is 12.1 Å². The van der Waals surface area contributed by atoms with Crippen LogP contribution in [0.15, 0.2) is 77.7 Å². The van der Waals surface area contributed by atoms with E-state index in [4.69, 9.17) is 4.18 Å². The predicted molar refractivity (Wildman–Crippen MR) is 121 cm³/mol. The summed E-state index contributed by atoms with van der Waals surface area (Å²) in [4.78, 5) is 14.3. The summed E-state index contributed by atoms with van der Waals surface area (Å²) in [6.07, 6.45) is 0.702. The molecule has 33 heavy (non-hydrogen) atoms. The third-order valence-corrected chi connectivity index (χ3v) is 6.31. The molecule has 1 atom stereocenters. The zero-order valence-electron chi connectivity index (χ0n) is 18.2. The summed E-state index contributed by atoms with van der Waals surface area (Å²) in [7, 11) is -4.11. The topological polar surface area (TPSA) is 75.7 Å². The van der Waals surface area contributed by atoms with E-state index in [0.717, 1.165) is 29.8 Å². The van der Waals surface area contributed by atoms with Gasteiger partial charge in [-0.2, -0.15) is 8.42 Å². The number of hydrogen-bond donors (Lipinski definition) is 1. The van der Waals surface area contributed by atoms with E-state index >= 15 is 0 Å². The first kappa shape index (κ1) is 24.2. The molecule has 3 rings (SSSR count). The van der Waals surface area contributed by atoms with Crippen molar-refractivity contribution in [1.82, 2.24) is 4.90 Å². The van der Waals surface area contributed by atoms with Crippen molar-refractivity contribution in [2.24, 2.45) is 0 Å². The lowest BCUT2D eigenvalue weighted by Gasteiger charge is -2.29. The molecule has 9 heteroatoms. The molecule has 0 bridgehead atoms. The van der Waals surface area contributed by atoms with E-state index in [1.807, 2.05) is 13.8 Å². The third-order valence-electron chi connectivity index (χ3n) is 5.04. The molecule has 0 aliphatic carbocycles. The molecule has 6 nitrogen and oxygen atoms in total. The van der Waals surface area contributed by atoms with Gasteiger partial charge >= 0.3 is 16.1 Å². The quantitative estimate of drug-likeness (QED) is 0.434. The number of urea groups is 1.